The highest BCUT2D eigenvalue weighted by atomic mass is 16.5. The Labute approximate surface area is 177 Å². The molecule has 3 heterocycles. The summed E-state index contributed by atoms with van der Waals surface area (Å²) < 4.78 is 16.5. The van der Waals surface area contributed by atoms with Crippen molar-refractivity contribution in [2.24, 2.45) is 0 Å². The van der Waals surface area contributed by atoms with Gasteiger partial charge in [0.25, 0.3) is 0 Å². The number of aromatic amines is 1. The van der Waals surface area contributed by atoms with Crippen LogP contribution in [-0.4, -0.2) is 85.6 Å². The minimum Gasteiger partial charge on any atom is -0.493 e. The summed E-state index contributed by atoms with van der Waals surface area (Å²) >= 11 is 0. The molecule has 0 aliphatic carbocycles. The molecule has 2 fully saturated rings. The highest BCUT2D eigenvalue weighted by Crippen LogP contribution is 2.27. The van der Waals surface area contributed by atoms with Gasteiger partial charge in [0.2, 0.25) is 5.91 Å². The Balaban J connectivity index is 1.24. The van der Waals surface area contributed by atoms with Crippen LogP contribution in [0.3, 0.4) is 0 Å². The molecule has 8 heteroatoms. The summed E-state index contributed by atoms with van der Waals surface area (Å²) in [5.41, 5.74) is 2.07. The molecule has 1 aromatic heterocycles. The molecule has 0 spiro atoms. The van der Waals surface area contributed by atoms with E-state index in [4.69, 9.17) is 14.2 Å². The third kappa shape index (κ3) is 5.12. The van der Waals surface area contributed by atoms with E-state index in [1.54, 1.807) is 7.11 Å². The van der Waals surface area contributed by atoms with Crippen LogP contribution in [0.1, 0.15) is 23.7 Å². The molecular weight excluding hydrogens is 384 g/mol. The second-order valence-corrected chi connectivity index (χ2v) is 7.78. The van der Waals surface area contributed by atoms with Crippen molar-refractivity contribution in [3.63, 3.8) is 0 Å². The van der Waals surface area contributed by atoms with Crippen molar-refractivity contribution >= 4 is 5.91 Å². The van der Waals surface area contributed by atoms with Crippen LogP contribution in [0, 0.1) is 0 Å². The van der Waals surface area contributed by atoms with Crippen molar-refractivity contribution in [3.8, 4) is 11.5 Å². The molecular formula is C22H30N4O4. The normalized spacial score (nSPS) is 19.8. The van der Waals surface area contributed by atoms with Crippen LogP contribution in [0.2, 0.25) is 0 Å². The molecule has 8 nitrogen and oxygen atoms in total. The molecule has 1 aromatic carbocycles. The van der Waals surface area contributed by atoms with Crippen LogP contribution in [0.4, 0.5) is 0 Å². The molecule has 2 aliphatic rings. The maximum atomic E-state index is 12.6. The molecule has 2 aromatic rings. The summed E-state index contributed by atoms with van der Waals surface area (Å²) in [5, 5.41) is 7.62. The van der Waals surface area contributed by atoms with E-state index >= 15 is 0 Å². The number of nitrogens with one attached hydrogen (secondary N) is 1. The number of H-pyrrole nitrogens is 1. The second-order valence-electron chi connectivity index (χ2n) is 7.78. The molecule has 4 rings (SSSR count). The largest absolute Gasteiger partial charge is 0.493 e. The Bertz CT molecular complexity index is 834. The van der Waals surface area contributed by atoms with Crippen molar-refractivity contribution < 1.29 is 19.0 Å². The first-order valence-corrected chi connectivity index (χ1v) is 10.6. The van der Waals surface area contributed by atoms with Crippen LogP contribution in [0.25, 0.3) is 0 Å². The van der Waals surface area contributed by atoms with E-state index in [1.807, 2.05) is 29.2 Å². The predicted octanol–water partition coefficient (Wildman–Crippen LogP) is 1.69. The molecule has 0 radical (unpaired) electrons. The Morgan fingerprint density at radius 1 is 1.23 bits per heavy atom. The summed E-state index contributed by atoms with van der Waals surface area (Å²) in [5.74, 6) is 1.97. The number of benzene rings is 1. The topological polar surface area (TPSA) is 79.9 Å². The fourth-order valence-corrected chi connectivity index (χ4v) is 4.00. The number of carbonyl (C=O) groups is 1. The van der Waals surface area contributed by atoms with Gasteiger partial charge in [0.1, 0.15) is 0 Å². The number of likely N-dealkylation sites (tertiary alicyclic amines) is 1. The van der Waals surface area contributed by atoms with E-state index < -0.39 is 0 Å². The lowest BCUT2D eigenvalue weighted by atomic mass is 10.0. The number of hydrogen-bond acceptors (Lipinski definition) is 6. The molecule has 1 N–H and O–H groups in total. The van der Waals surface area contributed by atoms with E-state index in [0.29, 0.717) is 32.3 Å². The molecule has 30 heavy (non-hydrogen) atoms. The van der Waals surface area contributed by atoms with Gasteiger partial charge in [-0.3, -0.25) is 14.8 Å². The zero-order chi connectivity index (χ0) is 20.8. The van der Waals surface area contributed by atoms with E-state index in [9.17, 15) is 4.79 Å². The Kier molecular flexibility index (Phi) is 6.86. The van der Waals surface area contributed by atoms with Gasteiger partial charge in [0, 0.05) is 44.2 Å². The lowest BCUT2D eigenvalue weighted by Crippen LogP contribution is -2.44. The highest BCUT2D eigenvalue weighted by Gasteiger charge is 2.29. The number of amides is 1. The molecule has 2 aliphatic heterocycles. The first kappa shape index (κ1) is 20.7. The number of hydrogen-bond donors (Lipinski definition) is 1. The zero-order valence-electron chi connectivity index (χ0n) is 17.5. The number of ether oxygens (including phenoxy) is 3. The number of para-hydroxylation sites is 2. The van der Waals surface area contributed by atoms with E-state index in [-0.39, 0.29) is 5.91 Å². The summed E-state index contributed by atoms with van der Waals surface area (Å²) in [6, 6.07) is 9.74. The molecule has 0 saturated carbocycles. The van der Waals surface area contributed by atoms with E-state index in [1.165, 1.54) is 0 Å². The summed E-state index contributed by atoms with van der Waals surface area (Å²) in [4.78, 5) is 16.8. The van der Waals surface area contributed by atoms with Crippen molar-refractivity contribution in [2.75, 3.05) is 59.7 Å². The number of nitrogens with zero attached hydrogens (tertiary/aromatic N) is 3. The third-order valence-corrected chi connectivity index (χ3v) is 5.77. The van der Waals surface area contributed by atoms with Gasteiger partial charge in [-0.2, -0.15) is 5.10 Å². The van der Waals surface area contributed by atoms with Gasteiger partial charge in [-0.25, -0.2) is 0 Å². The van der Waals surface area contributed by atoms with Gasteiger partial charge in [-0.1, -0.05) is 12.1 Å². The number of aromatic nitrogens is 2. The average molecular weight is 415 g/mol. The van der Waals surface area contributed by atoms with Crippen molar-refractivity contribution in [1.82, 2.24) is 20.0 Å². The first-order chi connectivity index (χ1) is 14.7. The van der Waals surface area contributed by atoms with Crippen LogP contribution < -0.4 is 9.47 Å². The smallest absolute Gasteiger partial charge is 0.236 e. The van der Waals surface area contributed by atoms with Crippen LogP contribution in [0.15, 0.2) is 30.3 Å². The second kappa shape index (κ2) is 9.95. The Morgan fingerprint density at radius 2 is 2.03 bits per heavy atom. The van der Waals surface area contributed by atoms with E-state index in [0.717, 1.165) is 61.9 Å². The first-order valence-electron chi connectivity index (χ1n) is 10.6. The Morgan fingerprint density at radius 3 is 2.83 bits per heavy atom. The van der Waals surface area contributed by atoms with Crippen LogP contribution in [-0.2, 0) is 16.0 Å². The molecule has 0 unspecified atom stereocenters. The van der Waals surface area contributed by atoms with Crippen LogP contribution >= 0.6 is 0 Å². The lowest BCUT2D eigenvalue weighted by Gasteiger charge is -2.28. The summed E-state index contributed by atoms with van der Waals surface area (Å²) in [6.07, 6.45) is 1.69. The zero-order valence-corrected chi connectivity index (χ0v) is 17.5. The minimum absolute atomic E-state index is 0.209. The Hall–Kier alpha value is -2.58. The van der Waals surface area contributed by atoms with Gasteiger partial charge in [-0.05, 0) is 24.6 Å². The molecule has 1 atom stereocenters. The van der Waals surface area contributed by atoms with Gasteiger partial charge >= 0.3 is 0 Å². The lowest BCUT2D eigenvalue weighted by molar-refractivity contribution is -0.132. The number of carbonyl (C=O) groups excluding carboxylic acids is 1. The number of rotatable bonds is 8. The average Bonchev–Trinajstić information content (AvgIpc) is 3.45. The van der Waals surface area contributed by atoms with Crippen molar-refractivity contribution in [1.29, 1.82) is 0 Å². The molecule has 2 saturated heterocycles. The molecule has 1 amide bonds. The van der Waals surface area contributed by atoms with Gasteiger partial charge in [0.05, 0.1) is 39.2 Å². The fourth-order valence-electron chi connectivity index (χ4n) is 4.00. The van der Waals surface area contributed by atoms with Gasteiger partial charge < -0.3 is 19.1 Å². The summed E-state index contributed by atoms with van der Waals surface area (Å²) in [6.45, 7) is 5.67. The number of morpholine rings is 1. The SMILES string of the molecule is COc1ccccc1OCCc1cc([C@H]2CCN(C(=O)CN3CCOCC3)C2)n[nH]1. The van der Waals surface area contributed by atoms with Crippen LogP contribution in [0.5, 0.6) is 11.5 Å². The number of methoxy groups -OCH3 is 1. The predicted molar refractivity (Wildman–Crippen MR) is 112 cm³/mol. The highest BCUT2D eigenvalue weighted by molar-refractivity contribution is 5.78. The molecule has 0 bridgehead atoms. The quantitative estimate of drug-likeness (QED) is 0.708. The summed E-state index contributed by atoms with van der Waals surface area (Å²) in [7, 11) is 1.64. The van der Waals surface area contributed by atoms with Gasteiger partial charge in [-0.15, -0.1) is 0 Å². The maximum absolute atomic E-state index is 12.6. The van der Waals surface area contributed by atoms with Crippen molar-refractivity contribution in [2.45, 2.75) is 18.8 Å². The van der Waals surface area contributed by atoms with Gasteiger partial charge in [0.15, 0.2) is 11.5 Å². The standard InChI is InChI=1S/C22H30N4O4/c1-28-20-4-2-3-5-21(20)30-11-7-18-14-19(24-23-18)17-6-8-26(15-17)22(27)16-25-9-12-29-13-10-25/h2-5,14,17H,6-13,15-16H2,1H3,(H,23,24)/t17-/m0/s1. The monoisotopic (exact) mass is 414 g/mol. The van der Waals surface area contributed by atoms with E-state index in [2.05, 4.69) is 21.2 Å². The fraction of sp³-hybridized carbons (Fsp3) is 0.545. The van der Waals surface area contributed by atoms with Crippen molar-refractivity contribution in [3.05, 3.63) is 41.7 Å². The molecule has 162 valence electrons. The maximum Gasteiger partial charge on any atom is 0.236 e. The minimum atomic E-state index is 0.209. The third-order valence-electron chi connectivity index (χ3n) is 5.77.